The number of nitrogens with one attached hydrogen (secondary N) is 1. The van der Waals surface area contributed by atoms with Gasteiger partial charge in [0.05, 0.1) is 11.1 Å². The number of amides is 1. The first-order chi connectivity index (χ1) is 11.2. The SMILES string of the molecule is CCOC1CC(NC(=O)c2csc(CCN)n2)C12CCCCC2.Cl. The van der Waals surface area contributed by atoms with Gasteiger partial charge in [-0.25, -0.2) is 4.98 Å². The summed E-state index contributed by atoms with van der Waals surface area (Å²) >= 11 is 1.51. The normalized spacial score (nSPS) is 24.9. The number of nitrogens with zero attached hydrogens (tertiary/aromatic N) is 1. The van der Waals surface area contributed by atoms with Crippen molar-refractivity contribution in [2.24, 2.45) is 11.1 Å². The van der Waals surface area contributed by atoms with Gasteiger partial charge in [0.15, 0.2) is 0 Å². The van der Waals surface area contributed by atoms with Gasteiger partial charge in [0.2, 0.25) is 0 Å². The van der Waals surface area contributed by atoms with E-state index in [0.29, 0.717) is 18.3 Å². The van der Waals surface area contributed by atoms with Crippen LogP contribution in [0.4, 0.5) is 0 Å². The maximum absolute atomic E-state index is 12.5. The summed E-state index contributed by atoms with van der Waals surface area (Å²) < 4.78 is 5.95. The number of carbonyl (C=O) groups excluding carboxylic acids is 1. The van der Waals surface area contributed by atoms with Gasteiger partial charge in [-0.05, 0) is 32.7 Å². The van der Waals surface area contributed by atoms with Crippen molar-refractivity contribution in [1.29, 1.82) is 0 Å². The number of hydrogen-bond donors (Lipinski definition) is 2. The first-order valence-electron chi connectivity index (χ1n) is 8.76. The lowest BCUT2D eigenvalue weighted by atomic mass is 9.55. The second-order valence-corrected chi connectivity index (χ2v) is 7.61. The molecule has 2 atom stereocenters. The van der Waals surface area contributed by atoms with Crippen LogP contribution in [0.1, 0.15) is 60.9 Å². The molecule has 0 aromatic carbocycles. The summed E-state index contributed by atoms with van der Waals surface area (Å²) in [5, 5.41) is 6.01. The van der Waals surface area contributed by atoms with E-state index < -0.39 is 0 Å². The molecule has 136 valence electrons. The van der Waals surface area contributed by atoms with Gasteiger partial charge in [0, 0.05) is 29.9 Å². The molecular formula is C17H28ClN3O2S. The van der Waals surface area contributed by atoms with Crippen molar-refractivity contribution in [2.45, 2.75) is 64.0 Å². The molecule has 3 rings (SSSR count). The zero-order valence-electron chi connectivity index (χ0n) is 14.3. The third kappa shape index (κ3) is 3.77. The minimum atomic E-state index is -0.0468. The Balaban J connectivity index is 0.00000208. The maximum Gasteiger partial charge on any atom is 0.270 e. The average Bonchev–Trinajstić information content (AvgIpc) is 3.04. The predicted octanol–water partition coefficient (Wildman–Crippen LogP) is 2.92. The van der Waals surface area contributed by atoms with E-state index in [2.05, 4.69) is 17.2 Å². The third-order valence-electron chi connectivity index (χ3n) is 5.39. The lowest BCUT2D eigenvalue weighted by molar-refractivity contribution is -0.146. The van der Waals surface area contributed by atoms with Crippen molar-refractivity contribution < 1.29 is 9.53 Å². The molecule has 2 saturated carbocycles. The van der Waals surface area contributed by atoms with E-state index in [1.54, 1.807) is 0 Å². The van der Waals surface area contributed by atoms with E-state index in [1.807, 2.05) is 5.38 Å². The molecule has 0 aliphatic heterocycles. The monoisotopic (exact) mass is 373 g/mol. The van der Waals surface area contributed by atoms with Crippen molar-refractivity contribution >= 4 is 29.7 Å². The quantitative estimate of drug-likeness (QED) is 0.803. The maximum atomic E-state index is 12.5. The molecule has 1 spiro atoms. The highest BCUT2D eigenvalue weighted by atomic mass is 35.5. The molecule has 2 aliphatic carbocycles. The van der Waals surface area contributed by atoms with Crippen molar-refractivity contribution in [3.8, 4) is 0 Å². The number of aromatic nitrogens is 1. The molecule has 7 heteroatoms. The predicted molar refractivity (Wildman–Crippen MR) is 98.9 cm³/mol. The van der Waals surface area contributed by atoms with Gasteiger partial charge in [-0.2, -0.15) is 0 Å². The molecule has 24 heavy (non-hydrogen) atoms. The molecule has 0 bridgehead atoms. The van der Waals surface area contributed by atoms with Crippen LogP contribution in [0.2, 0.25) is 0 Å². The second-order valence-electron chi connectivity index (χ2n) is 6.66. The standard InChI is InChI=1S/C17H27N3O2S.ClH/c1-2-22-14-10-13(17(14)7-4-3-5-8-17)20-16(21)12-11-23-15(19-12)6-9-18;/h11,13-14H,2-10,18H2,1H3,(H,20,21);1H. The van der Waals surface area contributed by atoms with E-state index in [4.69, 9.17) is 10.5 Å². The molecule has 2 fully saturated rings. The summed E-state index contributed by atoms with van der Waals surface area (Å²) in [5.41, 5.74) is 6.23. The number of ether oxygens (including phenoxy) is 1. The molecule has 5 nitrogen and oxygen atoms in total. The highest BCUT2D eigenvalue weighted by Crippen LogP contribution is 2.53. The van der Waals surface area contributed by atoms with E-state index in [0.717, 1.165) is 37.3 Å². The van der Waals surface area contributed by atoms with Crippen LogP contribution in [0.3, 0.4) is 0 Å². The van der Waals surface area contributed by atoms with Crippen LogP contribution in [0.5, 0.6) is 0 Å². The molecule has 1 aromatic heterocycles. The second kappa shape index (κ2) is 8.61. The van der Waals surface area contributed by atoms with Gasteiger partial charge in [0.1, 0.15) is 5.69 Å². The zero-order valence-corrected chi connectivity index (χ0v) is 15.9. The van der Waals surface area contributed by atoms with E-state index in [-0.39, 0.29) is 29.8 Å². The number of rotatable bonds is 6. The summed E-state index contributed by atoms with van der Waals surface area (Å²) in [5.74, 6) is -0.0468. The Morgan fingerprint density at radius 1 is 1.46 bits per heavy atom. The highest BCUT2D eigenvalue weighted by molar-refractivity contribution is 7.09. The lowest BCUT2D eigenvalue weighted by Gasteiger charge is -2.57. The summed E-state index contributed by atoms with van der Waals surface area (Å²) in [6, 6.07) is 0.228. The summed E-state index contributed by atoms with van der Waals surface area (Å²) in [6.45, 7) is 3.37. The Bertz CT molecular complexity index is 546. The summed E-state index contributed by atoms with van der Waals surface area (Å²) in [4.78, 5) is 16.9. The van der Waals surface area contributed by atoms with Gasteiger partial charge in [0.25, 0.3) is 5.91 Å². The number of halogens is 1. The molecule has 1 aromatic rings. The Kier molecular flexibility index (Phi) is 7.04. The minimum Gasteiger partial charge on any atom is -0.378 e. The number of hydrogen-bond acceptors (Lipinski definition) is 5. The molecule has 0 saturated heterocycles. The molecular weight excluding hydrogens is 346 g/mol. The Morgan fingerprint density at radius 2 is 2.21 bits per heavy atom. The largest absolute Gasteiger partial charge is 0.378 e. The first-order valence-corrected chi connectivity index (χ1v) is 9.64. The minimum absolute atomic E-state index is 0. The van der Waals surface area contributed by atoms with Crippen LogP contribution < -0.4 is 11.1 Å². The van der Waals surface area contributed by atoms with Crippen LogP contribution in [0, 0.1) is 5.41 Å². The average molecular weight is 374 g/mol. The van der Waals surface area contributed by atoms with Gasteiger partial charge in [-0.3, -0.25) is 4.79 Å². The zero-order chi connectivity index (χ0) is 16.3. The lowest BCUT2D eigenvalue weighted by Crippen LogP contribution is -2.65. The summed E-state index contributed by atoms with van der Waals surface area (Å²) in [7, 11) is 0. The van der Waals surface area contributed by atoms with Gasteiger partial charge >= 0.3 is 0 Å². The fourth-order valence-corrected chi connectivity index (χ4v) is 4.95. The first kappa shape index (κ1) is 19.6. The topological polar surface area (TPSA) is 77.2 Å². The molecule has 1 heterocycles. The smallest absolute Gasteiger partial charge is 0.270 e. The highest BCUT2D eigenvalue weighted by Gasteiger charge is 2.56. The molecule has 2 aliphatic rings. The van der Waals surface area contributed by atoms with Crippen molar-refractivity contribution in [3.05, 3.63) is 16.1 Å². The van der Waals surface area contributed by atoms with Crippen LogP contribution in [-0.2, 0) is 11.2 Å². The Morgan fingerprint density at radius 3 is 2.88 bits per heavy atom. The van der Waals surface area contributed by atoms with Gasteiger partial charge < -0.3 is 15.8 Å². The van der Waals surface area contributed by atoms with E-state index in [9.17, 15) is 4.79 Å². The fraction of sp³-hybridized carbons (Fsp3) is 0.765. The molecule has 0 radical (unpaired) electrons. The van der Waals surface area contributed by atoms with E-state index >= 15 is 0 Å². The van der Waals surface area contributed by atoms with Crippen molar-refractivity contribution in [3.63, 3.8) is 0 Å². The molecule has 3 N–H and O–H groups in total. The number of carbonyl (C=O) groups is 1. The third-order valence-corrected chi connectivity index (χ3v) is 6.29. The molecule has 1 amide bonds. The fourth-order valence-electron chi connectivity index (χ4n) is 4.15. The van der Waals surface area contributed by atoms with Crippen LogP contribution >= 0.6 is 23.7 Å². The molecule has 2 unspecified atom stereocenters. The van der Waals surface area contributed by atoms with Crippen molar-refractivity contribution in [2.75, 3.05) is 13.2 Å². The van der Waals surface area contributed by atoms with Crippen molar-refractivity contribution in [1.82, 2.24) is 10.3 Å². The number of thiazole rings is 1. The Labute approximate surface area is 154 Å². The summed E-state index contributed by atoms with van der Waals surface area (Å²) in [6.07, 6.45) is 8.09. The van der Waals surface area contributed by atoms with Gasteiger partial charge in [-0.15, -0.1) is 23.7 Å². The van der Waals surface area contributed by atoms with Crippen LogP contribution in [-0.4, -0.2) is 36.2 Å². The van der Waals surface area contributed by atoms with Crippen LogP contribution in [0.25, 0.3) is 0 Å². The van der Waals surface area contributed by atoms with Crippen LogP contribution in [0.15, 0.2) is 5.38 Å². The van der Waals surface area contributed by atoms with E-state index in [1.165, 1.54) is 30.6 Å². The number of nitrogens with two attached hydrogens (primary N) is 1. The Hall–Kier alpha value is -0.690. The van der Waals surface area contributed by atoms with Gasteiger partial charge in [-0.1, -0.05) is 19.3 Å².